The molecule has 0 heterocycles. The Hall–Kier alpha value is -0.180. The normalized spacial score (nSPS) is 15.8. The van der Waals surface area contributed by atoms with Gasteiger partial charge in [0.1, 0.15) is 9.84 Å². The smallest absolute Gasteiger partial charge is 0.209 e. The summed E-state index contributed by atoms with van der Waals surface area (Å²) >= 11 is 0. The molecule has 0 amide bonds. The first-order chi connectivity index (χ1) is 7.31. The molecule has 1 atom stereocenters. The van der Waals surface area contributed by atoms with Gasteiger partial charge in [0.25, 0.3) is 0 Å². The minimum absolute atomic E-state index is 0.0297. The highest BCUT2D eigenvalue weighted by atomic mass is 32.2. The van der Waals surface area contributed by atoms with Crippen molar-refractivity contribution in [3.63, 3.8) is 0 Å². The SMILES string of the molecule is CC(CS(C)(=O)=O)NCC(C)(C)NS(C)(=O)=O. The Bertz CT molecular complexity index is 440. The van der Waals surface area contributed by atoms with Gasteiger partial charge in [0.05, 0.1) is 12.0 Å². The van der Waals surface area contributed by atoms with Gasteiger partial charge in [-0.2, -0.15) is 0 Å². The highest BCUT2D eigenvalue weighted by Crippen LogP contribution is 2.03. The van der Waals surface area contributed by atoms with Crippen molar-refractivity contribution in [2.24, 2.45) is 0 Å². The van der Waals surface area contributed by atoms with Crippen molar-refractivity contribution in [1.29, 1.82) is 0 Å². The third-order valence-electron chi connectivity index (χ3n) is 1.91. The maximum atomic E-state index is 11.1. The molecule has 2 N–H and O–H groups in total. The molecule has 0 aromatic carbocycles. The fourth-order valence-electron chi connectivity index (χ4n) is 1.48. The topological polar surface area (TPSA) is 92.3 Å². The van der Waals surface area contributed by atoms with Gasteiger partial charge in [0.2, 0.25) is 10.0 Å². The van der Waals surface area contributed by atoms with Crippen LogP contribution in [0.3, 0.4) is 0 Å². The van der Waals surface area contributed by atoms with Crippen molar-refractivity contribution in [3.8, 4) is 0 Å². The first-order valence-electron chi connectivity index (χ1n) is 5.21. The average molecular weight is 286 g/mol. The quantitative estimate of drug-likeness (QED) is 0.648. The van der Waals surface area contributed by atoms with Crippen molar-refractivity contribution in [2.75, 3.05) is 24.8 Å². The van der Waals surface area contributed by atoms with Crippen LogP contribution in [0.15, 0.2) is 0 Å². The average Bonchev–Trinajstić information content (AvgIpc) is 1.92. The maximum absolute atomic E-state index is 11.1. The highest BCUT2D eigenvalue weighted by Gasteiger charge is 2.23. The van der Waals surface area contributed by atoms with E-state index in [1.807, 2.05) is 0 Å². The van der Waals surface area contributed by atoms with Gasteiger partial charge in [0, 0.05) is 24.4 Å². The number of hydrogen-bond donors (Lipinski definition) is 2. The van der Waals surface area contributed by atoms with Gasteiger partial charge in [0.15, 0.2) is 0 Å². The lowest BCUT2D eigenvalue weighted by atomic mass is 10.1. The summed E-state index contributed by atoms with van der Waals surface area (Å²) in [4.78, 5) is 0. The van der Waals surface area contributed by atoms with Crippen molar-refractivity contribution in [3.05, 3.63) is 0 Å². The van der Waals surface area contributed by atoms with E-state index >= 15 is 0 Å². The van der Waals surface area contributed by atoms with Crippen LogP contribution < -0.4 is 10.0 Å². The summed E-state index contributed by atoms with van der Waals surface area (Å²) in [6.07, 6.45) is 2.26. The van der Waals surface area contributed by atoms with E-state index < -0.39 is 25.4 Å². The van der Waals surface area contributed by atoms with Crippen LogP contribution in [0.1, 0.15) is 20.8 Å². The molecule has 0 spiro atoms. The molecule has 0 aliphatic heterocycles. The second kappa shape index (κ2) is 5.64. The predicted octanol–water partition coefficient (Wildman–Crippen LogP) is -0.663. The maximum Gasteiger partial charge on any atom is 0.209 e. The molecule has 104 valence electrons. The van der Waals surface area contributed by atoms with E-state index in [2.05, 4.69) is 10.0 Å². The third-order valence-corrected chi connectivity index (χ3v) is 3.94. The van der Waals surface area contributed by atoms with Gasteiger partial charge in [-0.05, 0) is 20.8 Å². The second-order valence-electron chi connectivity index (χ2n) is 5.13. The summed E-state index contributed by atoms with van der Waals surface area (Å²) in [5, 5.41) is 3.00. The largest absolute Gasteiger partial charge is 0.311 e. The molecule has 0 saturated carbocycles. The van der Waals surface area contributed by atoms with Gasteiger partial charge < -0.3 is 5.32 Å². The van der Waals surface area contributed by atoms with Crippen molar-refractivity contribution >= 4 is 19.9 Å². The monoisotopic (exact) mass is 286 g/mol. The predicted molar refractivity (Wildman–Crippen MR) is 69.2 cm³/mol. The van der Waals surface area contributed by atoms with Crippen LogP contribution in [0, 0.1) is 0 Å². The van der Waals surface area contributed by atoms with Gasteiger partial charge >= 0.3 is 0 Å². The Morgan fingerprint density at radius 2 is 1.59 bits per heavy atom. The standard InChI is InChI=1S/C9H22N2O4S2/c1-8(6-16(4,12)13)10-7-9(2,3)11-17(5,14)15/h8,10-11H,6-7H2,1-5H3. The second-order valence-corrected chi connectivity index (χ2v) is 9.07. The molecule has 8 heteroatoms. The third kappa shape index (κ3) is 10.7. The first kappa shape index (κ1) is 16.8. The fourth-order valence-corrected chi connectivity index (χ4v) is 3.58. The molecule has 1 unspecified atom stereocenters. The zero-order valence-electron chi connectivity index (χ0n) is 10.9. The summed E-state index contributed by atoms with van der Waals surface area (Å²) in [5.41, 5.74) is -0.653. The van der Waals surface area contributed by atoms with Crippen LogP contribution in [-0.2, 0) is 19.9 Å². The molecule has 0 aromatic rings. The Labute approximate surface area is 104 Å². The number of nitrogens with one attached hydrogen (secondary N) is 2. The molecule has 0 bridgehead atoms. The van der Waals surface area contributed by atoms with E-state index in [1.54, 1.807) is 20.8 Å². The first-order valence-corrected chi connectivity index (χ1v) is 9.16. The Morgan fingerprint density at radius 3 is 1.94 bits per heavy atom. The fraction of sp³-hybridized carbons (Fsp3) is 1.00. The Balaban J connectivity index is 4.28. The number of sulfonamides is 1. The van der Waals surface area contributed by atoms with E-state index in [-0.39, 0.29) is 11.8 Å². The zero-order valence-corrected chi connectivity index (χ0v) is 12.6. The molecule has 6 nitrogen and oxygen atoms in total. The van der Waals surface area contributed by atoms with E-state index in [0.717, 1.165) is 6.26 Å². The lowest BCUT2D eigenvalue weighted by Gasteiger charge is -2.27. The highest BCUT2D eigenvalue weighted by molar-refractivity contribution is 7.90. The van der Waals surface area contributed by atoms with Crippen LogP contribution in [0.5, 0.6) is 0 Å². The summed E-state index contributed by atoms with van der Waals surface area (Å²) < 4.78 is 46.7. The molecule has 0 aliphatic rings. The number of rotatable bonds is 7. The van der Waals surface area contributed by atoms with E-state index in [0.29, 0.717) is 6.54 Å². The zero-order chi connectivity index (χ0) is 13.9. The molecule has 0 aromatic heterocycles. The molecule has 0 rings (SSSR count). The summed E-state index contributed by atoms with van der Waals surface area (Å²) in [5.74, 6) is 0.0297. The number of sulfone groups is 1. The van der Waals surface area contributed by atoms with Crippen molar-refractivity contribution in [1.82, 2.24) is 10.0 Å². The summed E-state index contributed by atoms with van der Waals surface area (Å²) in [6.45, 7) is 5.57. The van der Waals surface area contributed by atoms with Crippen molar-refractivity contribution in [2.45, 2.75) is 32.4 Å². The summed E-state index contributed by atoms with van der Waals surface area (Å²) in [6, 6.07) is -0.217. The minimum atomic E-state index is -3.27. The Kier molecular flexibility index (Phi) is 5.58. The van der Waals surface area contributed by atoms with E-state index in [1.165, 1.54) is 6.26 Å². The molecule has 17 heavy (non-hydrogen) atoms. The van der Waals surface area contributed by atoms with Crippen LogP contribution in [-0.4, -0.2) is 53.2 Å². The molecule has 0 aliphatic carbocycles. The molecule has 0 radical (unpaired) electrons. The Morgan fingerprint density at radius 1 is 1.12 bits per heavy atom. The minimum Gasteiger partial charge on any atom is -0.311 e. The summed E-state index contributed by atoms with van der Waals surface area (Å²) in [7, 11) is -6.30. The van der Waals surface area contributed by atoms with Gasteiger partial charge in [-0.1, -0.05) is 0 Å². The van der Waals surface area contributed by atoms with Crippen LogP contribution in [0.4, 0.5) is 0 Å². The lowest BCUT2D eigenvalue weighted by molar-refractivity contribution is 0.403. The molecule has 0 saturated heterocycles. The van der Waals surface area contributed by atoms with Gasteiger partial charge in [-0.25, -0.2) is 21.6 Å². The molecule has 0 fully saturated rings. The van der Waals surface area contributed by atoms with Crippen LogP contribution in [0.25, 0.3) is 0 Å². The van der Waals surface area contributed by atoms with E-state index in [9.17, 15) is 16.8 Å². The van der Waals surface area contributed by atoms with E-state index in [4.69, 9.17) is 0 Å². The lowest BCUT2D eigenvalue weighted by Crippen LogP contribution is -2.52. The van der Waals surface area contributed by atoms with Gasteiger partial charge in [-0.3, -0.25) is 0 Å². The molecular weight excluding hydrogens is 264 g/mol. The van der Waals surface area contributed by atoms with Crippen LogP contribution in [0.2, 0.25) is 0 Å². The van der Waals surface area contributed by atoms with Gasteiger partial charge in [-0.15, -0.1) is 0 Å². The van der Waals surface area contributed by atoms with Crippen molar-refractivity contribution < 1.29 is 16.8 Å². The van der Waals surface area contributed by atoms with Crippen LogP contribution >= 0.6 is 0 Å². The number of hydrogen-bond acceptors (Lipinski definition) is 5. The molecular formula is C9H22N2O4S2.